The molecule has 0 saturated heterocycles. The van der Waals surface area contributed by atoms with Crippen LogP contribution in [0.3, 0.4) is 0 Å². The van der Waals surface area contributed by atoms with Gasteiger partial charge in [-0.2, -0.15) is 4.98 Å². The monoisotopic (exact) mass is 350 g/mol. The van der Waals surface area contributed by atoms with Gasteiger partial charge in [0.25, 0.3) is 5.89 Å². The Kier molecular flexibility index (Phi) is 4.92. The van der Waals surface area contributed by atoms with Gasteiger partial charge in [0.2, 0.25) is 5.16 Å². The summed E-state index contributed by atoms with van der Waals surface area (Å²) in [4.78, 5) is 4.37. The van der Waals surface area contributed by atoms with E-state index in [0.29, 0.717) is 28.4 Å². The van der Waals surface area contributed by atoms with Crippen molar-refractivity contribution < 1.29 is 4.52 Å². The van der Waals surface area contributed by atoms with Crippen LogP contribution < -0.4 is 0 Å². The van der Waals surface area contributed by atoms with E-state index in [-0.39, 0.29) is 0 Å². The minimum Gasteiger partial charge on any atom is -0.334 e. The number of aromatic nitrogens is 6. The van der Waals surface area contributed by atoms with Crippen LogP contribution in [0.15, 0.2) is 33.9 Å². The molecule has 0 bridgehead atoms. The third-order valence-corrected chi connectivity index (χ3v) is 4.22. The molecule has 120 valence electrons. The van der Waals surface area contributed by atoms with Crippen molar-refractivity contribution in [2.75, 3.05) is 0 Å². The molecule has 9 heteroatoms. The number of hydrogen-bond donors (Lipinski definition) is 0. The van der Waals surface area contributed by atoms with Crippen LogP contribution in [0.2, 0.25) is 5.02 Å². The van der Waals surface area contributed by atoms with Crippen molar-refractivity contribution in [3.63, 3.8) is 0 Å². The summed E-state index contributed by atoms with van der Waals surface area (Å²) in [7, 11) is 0. The third kappa shape index (κ3) is 3.89. The lowest BCUT2D eigenvalue weighted by molar-refractivity contribution is 0.425. The van der Waals surface area contributed by atoms with Crippen LogP contribution in [-0.4, -0.2) is 30.3 Å². The smallest absolute Gasteiger partial charge is 0.259 e. The molecule has 0 N–H and O–H groups in total. The second-order valence-electron chi connectivity index (χ2n) is 5.32. The molecule has 3 aromatic rings. The number of halogens is 1. The largest absolute Gasteiger partial charge is 0.334 e. The Balaban J connectivity index is 1.69. The molecule has 0 radical (unpaired) electrons. The van der Waals surface area contributed by atoms with Gasteiger partial charge in [-0.3, -0.25) is 0 Å². The molecule has 1 aromatic carbocycles. The quantitative estimate of drug-likeness (QED) is 0.630. The van der Waals surface area contributed by atoms with Crippen molar-refractivity contribution in [2.45, 2.75) is 31.3 Å². The van der Waals surface area contributed by atoms with E-state index in [0.717, 1.165) is 17.3 Å². The third-order valence-electron chi connectivity index (χ3n) is 2.94. The minimum atomic E-state index is 0.410. The number of benzene rings is 1. The number of nitrogens with zero attached hydrogens (tertiary/aromatic N) is 6. The molecule has 0 fully saturated rings. The van der Waals surface area contributed by atoms with E-state index in [1.165, 1.54) is 11.8 Å². The predicted molar refractivity (Wildman–Crippen MR) is 87.0 cm³/mol. The maximum absolute atomic E-state index is 6.13. The molecule has 0 aliphatic rings. The van der Waals surface area contributed by atoms with Gasteiger partial charge in [0.15, 0.2) is 5.82 Å². The molecular weight excluding hydrogens is 336 g/mol. The van der Waals surface area contributed by atoms with Gasteiger partial charge in [0.05, 0.1) is 16.3 Å². The molecule has 23 heavy (non-hydrogen) atoms. The van der Waals surface area contributed by atoms with Crippen LogP contribution in [0, 0.1) is 5.92 Å². The van der Waals surface area contributed by atoms with E-state index in [9.17, 15) is 0 Å². The Labute approximate surface area is 142 Å². The van der Waals surface area contributed by atoms with Gasteiger partial charge in [0, 0.05) is 6.54 Å². The number of rotatable bonds is 6. The first-order valence-electron chi connectivity index (χ1n) is 7.10. The van der Waals surface area contributed by atoms with E-state index in [4.69, 9.17) is 16.1 Å². The van der Waals surface area contributed by atoms with Crippen molar-refractivity contribution >= 4 is 23.4 Å². The van der Waals surface area contributed by atoms with Gasteiger partial charge in [-0.05, 0) is 28.5 Å². The summed E-state index contributed by atoms with van der Waals surface area (Å²) in [5, 5.41) is 17.0. The van der Waals surface area contributed by atoms with Gasteiger partial charge in [-0.1, -0.05) is 54.5 Å². The van der Waals surface area contributed by atoms with Crippen LogP contribution in [0.4, 0.5) is 0 Å². The SMILES string of the molecule is CC(C)Cn1nnnc1SCc1noc(-c2ccccc2Cl)n1. The van der Waals surface area contributed by atoms with Crippen LogP contribution in [-0.2, 0) is 12.3 Å². The van der Waals surface area contributed by atoms with Crippen LogP contribution in [0.5, 0.6) is 0 Å². The second-order valence-corrected chi connectivity index (χ2v) is 6.67. The van der Waals surface area contributed by atoms with Gasteiger partial charge in [-0.15, -0.1) is 5.10 Å². The summed E-state index contributed by atoms with van der Waals surface area (Å²) < 4.78 is 7.06. The Bertz CT molecular complexity index is 787. The number of thioether (sulfide) groups is 1. The highest BCUT2D eigenvalue weighted by atomic mass is 35.5. The van der Waals surface area contributed by atoms with Gasteiger partial charge in [0.1, 0.15) is 0 Å². The molecule has 0 atom stereocenters. The zero-order chi connectivity index (χ0) is 16.2. The Morgan fingerprint density at radius 1 is 1.30 bits per heavy atom. The molecule has 0 spiro atoms. The molecule has 0 unspecified atom stereocenters. The fourth-order valence-corrected chi connectivity index (χ4v) is 2.89. The Morgan fingerprint density at radius 3 is 2.91 bits per heavy atom. The van der Waals surface area contributed by atoms with Crippen LogP contribution >= 0.6 is 23.4 Å². The highest BCUT2D eigenvalue weighted by Crippen LogP contribution is 2.27. The van der Waals surface area contributed by atoms with E-state index in [1.807, 2.05) is 18.2 Å². The molecule has 3 rings (SSSR count). The first-order valence-corrected chi connectivity index (χ1v) is 8.46. The van der Waals surface area contributed by atoms with Crippen LogP contribution in [0.25, 0.3) is 11.5 Å². The fourth-order valence-electron chi connectivity index (χ4n) is 1.95. The lowest BCUT2D eigenvalue weighted by Gasteiger charge is -2.05. The van der Waals surface area contributed by atoms with E-state index in [1.54, 1.807) is 10.7 Å². The molecule has 0 aliphatic heterocycles. The predicted octanol–water partition coefficient (Wildman–Crippen LogP) is 3.32. The average Bonchev–Trinajstić information content (AvgIpc) is 3.14. The molecule has 7 nitrogen and oxygen atoms in total. The van der Waals surface area contributed by atoms with Gasteiger partial charge < -0.3 is 4.52 Å². The normalized spacial score (nSPS) is 11.3. The summed E-state index contributed by atoms with van der Waals surface area (Å²) in [5.74, 6) is 1.97. The van der Waals surface area contributed by atoms with E-state index < -0.39 is 0 Å². The van der Waals surface area contributed by atoms with Gasteiger partial charge >= 0.3 is 0 Å². The first kappa shape index (κ1) is 15.9. The van der Waals surface area contributed by atoms with Gasteiger partial charge in [-0.25, -0.2) is 4.68 Å². The number of tetrazole rings is 1. The second kappa shape index (κ2) is 7.10. The zero-order valence-corrected chi connectivity index (χ0v) is 14.3. The summed E-state index contributed by atoms with van der Waals surface area (Å²) in [6, 6.07) is 7.36. The summed E-state index contributed by atoms with van der Waals surface area (Å²) in [6.07, 6.45) is 0. The highest BCUT2D eigenvalue weighted by Gasteiger charge is 2.14. The van der Waals surface area contributed by atoms with Crippen molar-refractivity contribution in [1.29, 1.82) is 0 Å². The summed E-state index contributed by atoms with van der Waals surface area (Å²) in [5.41, 5.74) is 0.725. The zero-order valence-electron chi connectivity index (χ0n) is 12.7. The summed E-state index contributed by atoms with van der Waals surface area (Å²) in [6.45, 7) is 5.00. The fraction of sp³-hybridized carbons (Fsp3) is 0.357. The maximum Gasteiger partial charge on any atom is 0.259 e. The highest BCUT2D eigenvalue weighted by molar-refractivity contribution is 7.98. The molecule has 0 saturated carbocycles. The van der Waals surface area contributed by atoms with Crippen molar-refractivity contribution in [3.05, 3.63) is 35.1 Å². The van der Waals surface area contributed by atoms with E-state index >= 15 is 0 Å². The molecule has 2 aromatic heterocycles. The Hall–Kier alpha value is -1.93. The molecule has 2 heterocycles. The minimum absolute atomic E-state index is 0.410. The lowest BCUT2D eigenvalue weighted by Crippen LogP contribution is -2.07. The van der Waals surface area contributed by atoms with Crippen molar-refractivity contribution in [3.8, 4) is 11.5 Å². The average molecular weight is 351 g/mol. The van der Waals surface area contributed by atoms with E-state index in [2.05, 4.69) is 39.5 Å². The van der Waals surface area contributed by atoms with Crippen molar-refractivity contribution in [1.82, 2.24) is 30.3 Å². The Morgan fingerprint density at radius 2 is 2.13 bits per heavy atom. The first-order chi connectivity index (χ1) is 11.1. The standard InChI is InChI=1S/C14H15ClN6OS/c1-9(2)7-21-14(17-19-20-21)23-8-12-16-13(22-18-12)10-5-3-4-6-11(10)15/h3-6,9H,7-8H2,1-2H3. The molecular formula is C14H15ClN6OS. The van der Waals surface area contributed by atoms with Crippen LogP contribution in [0.1, 0.15) is 19.7 Å². The number of hydrogen-bond acceptors (Lipinski definition) is 7. The lowest BCUT2D eigenvalue weighted by atomic mass is 10.2. The van der Waals surface area contributed by atoms with Crippen molar-refractivity contribution in [2.24, 2.45) is 5.92 Å². The summed E-state index contributed by atoms with van der Waals surface area (Å²) >= 11 is 7.60. The topological polar surface area (TPSA) is 82.5 Å². The molecule has 0 aliphatic carbocycles. The maximum atomic E-state index is 6.13. The molecule has 0 amide bonds.